The molecule has 6 nitrogen and oxygen atoms in total. The third-order valence-electron chi connectivity index (χ3n) is 3.53. The van der Waals surface area contributed by atoms with Crippen LogP contribution in [0.1, 0.15) is 49.9 Å². The van der Waals surface area contributed by atoms with Crippen molar-refractivity contribution in [2.24, 2.45) is 5.92 Å². The molecular weight excluding hydrogens is 336 g/mol. The van der Waals surface area contributed by atoms with Crippen LogP contribution in [0.4, 0.5) is 0 Å². The van der Waals surface area contributed by atoms with Crippen molar-refractivity contribution < 1.29 is 29.3 Å². The van der Waals surface area contributed by atoms with Crippen LogP contribution in [0.3, 0.4) is 0 Å². The predicted octanol–water partition coefficient (Wildman–Crippen LogP) is 2.87. The average molecular weight is 364 g/mol. The smallest absolute Gasteiger partial charge is 0.338 e. The zero-order valence-electron chi connectivity index (χ0n) is 15.4. The van der Waals surface area contributed by atoms with Crippen LogP contribution in [0, 0.1) is 5.92 Å². The molecule has 1 aromatic rings. The Hall–Kier alpha value is -2.18. The van der Waals surface area contributed by atoms with Gasteiger partial charge in [-0.2, -0.15) is 0 Å². The number of rotatable bonds is 11. The second-order valence-corrected chi connectivity index (χ2v) is 6.38. The number of unbranched alkanes of at least 4 members (excludes halogenated alkanes) is 1. The number of carbonyl (C=O) groups excluding carboxylic acids is 2. The Labute approximate surface area is 154 Å². The van der Waals surface area contributed by atoms with Crippen molar-refractivity contribution >= 4 is 11.9 Å². The fourth-order valence-corrected chi connectivity index (χ4v) is 2.04. The van der Waals surface area contributed by atoms with Gasteiger partial charge in [-0.05, 0) is 49.4 Å². The Kier molecular flexibility index (Phi) is 10.3. The van der Waals surface area contributed by atoms with Gasteiger partial charge in [0.25, 0.3) is 0 Å². The lowest BCUT2D eigenvalue weighted by Gasteiger charge is -2.12. The van der Waals surface area contributed by atoms with E-state index in [-0.39, 0.29) is 11.5 Å². The van der Waals surface area contributed by atoms with Gasteiger partial charge in [0.15, 0.2) is 0 Å². The molecule has 144 valence electrons. The summed E-state index contributed by atoms with van der Waals surface area (Å²) in [5.74, 6) is -0.000212. The summed E-state index contributed by atoms with van der Waals surface area (Å²) in [7, 11) is 0. The highest BCUT2D eigenvalue weighted by molar-refractivity contribution is 5.89. The van der Waals surface area contributed by atoms with Crippen LogP contribution in [-0.2, 0) is 9.53 Å². The number of ether oxygens (including phenoxy) is 2. The minimum absolute atomic E-state index is 0.243. The van der Waals surface area contributed by atoms with E-state index in [1.807, 2.05) is 0 Å². The fraction of sp³-hybridized carbons (Fsp3) is 0.500. The molecule has 0 amide bonds. The van der Waals surface area contributed by atoms with Gasteiger partial charge in [0, 0.05) is 6.42 Å². The van der Waals surface area contributed by atoms with E-state index in [0.29, 0.717) is 18.1 Å². The molecule has 0 saturated heterocycles. The normalized spacial score (nSPS) is 11.3. The van der Waals surface area contributed by atoms with Gasteiger partial charge in [-0.15, -0.1) is 0 Å². The number of carbonyl (C=O) groups is 2. The Morgan fingerprint density at radius 1 is 1.08 bits per heavy atom. The molecule has 0 radical (unpaired) electrons. The summed E-state index contributed by atoms with van der Waals surface area (Å²) >= 11 is 0. The van der Waals surface area contributed by atoms with Gasteiger partial charge in [0.1, 0.15) is 11.9 Å². The monoisotopic (exact) mass is 364 g/mol. The topological polar surface area (TPSA) is 93.1 Å². The van der Waals surface area contributed by atoms with Crippen LogP contribution < -0.4 is 4.74 Å². The predicted molar refractivity (Wildman–Crippen MR) is 97.9 cm³/mol. The Morgan fingerprint density at radius 2 is 1.73 bits per heavy atom. The maximum Gasteiger partial charge on any atom is 0.338 e. The molecule has 0 spiro atoms. The summed E-state index contributed by atoms with van der Waals surface area (Å²) in [6.07, 6.45) is 6.19. The Balaban J connectivity index is 2.38. The molecule has 0 heterocycles. The van der Waals surface area contributed by atoms with Crippen molar-refractivity contribution in [2.45, 2.75) is 45.6 Å². The van der Waals surface area contributed by atoms with E-state index in [1.165, 1.54) is 24.3 Å². The maximum absolute atomic E-state index is 11.8. The summed E-state index contributed by atoms with van der Waals surface area (Å²) < 4.78 is 10.1. The van der Waals surface area contributed by atoms with Gasteiger partial charge in [-0.3, -0.25) is 4.79 Å². The third-order valence-corrected chi connectivity index (χ3v) is 3.53. The summed E-state index contributed by atoms with van der Waals surface area (Å²) in [6.45, 7) is 3.41. The van der Waals surface area contributed by atoms with Crippen molar-refractivity contribution in [3.8, 4) is 5.75 Å². The Morgan fingerprint density at radius 3 is 2.31 bits per heavy atom. The molecule has 0 aliphatic heterocycles. The van der Waals surface area contributed by atoms with Crippen molar-refractivity contribution in [3.63, 3.8) is 0 Å². The first-order chi connectivity index (χ1) is 12.5. The van der Waals surface area contributed by atoms with Gasteiger partial charge < -0.3 is 19.7 Å². The highest BCUT2D eigenvalue weighted by Crippen LogP contribution is 2.15. The van der Waals surface area contributed by atoms with Crippen LogP contribution in [0.2, 0.25) is 0 Å². The molecule has 0 fully saturated rings. The number of allylic oxidation sites excluding steroid dienone is 2. The number of esters is 2. The van der Waals surface area contributed by atoms with Crippen molar-refractivity contribution in [1.29, 1.82) is 0 Å². The fourth-order valence-electron chi connectivity index (χ4n) is 2.04. The van der Waals surface area contributed by atoms with Crippen molar-refractivity contribution in [1.82, 2.24) is 0 Å². The standard InChI is InChI=1S/C20H28O6/c1-15(2)7-5-3-4-6-8-19(23)25-17-11-9-16(10-12-17)20(24)26-18(13-21)14-22/h3,5,9-12,15,18,21-22H,4,6-8,13-14H2,1-2H3/b5-3-. The summed E-state index contributed by atoms with van der Waals surface area (Å²) in [4.78, 5) is 23.6. The molecule has 0 aliphatic carbocycles. The van der Waals surface area contributed by atoms with E-state index in [9.17, 15) is 9.59 Å². The molecule has 0 saturated carbocycles. The van der Waals surface area contributed by atoms with Gasteiger partial charge >= 0.3 is 11.9 Å². The number of hydrogen-bond acceptors (Lipinski definition) is 6. The van der Waals surface area contributed by atoms with E-state index in [2.05, 4.69) is 26.0 Å². The number of benzene rings is 1. The SMILES string of the molecule is CC(C)C/C=C\CCCC(=O)Oc1ccc(C(=O)OC(CO)CO)cc1. The lowest BCUT2D eigenvalue weighted by Crippen LogP contribution is -2.25. The van der Waals surface area contributed by atoms with Gasteiger partial charge in [-0.25, -0.2) is 4.79 Å². The lowest BCUT2D eigenvalue weighted by atomic mass is 10.1. The quantitative estimate of drug-likeness (QED) is 0.271. The molecular formula is C20H28O6. The maximum atomic E-state index is 11.8. The third kappa shape index (κ3) is 8.78. The van der Waals surface area contributed by atoms with Crippen molar-refractivity contribution in [2.75, 3.05) is 13.2 Å². The van der Waals surface area contributed by atoms with Crippen LogP contribution in [0.5, 0.6) is 5.75 Å². The number of hydrogen-bond donors (Lipinski definition) is 2. The highest BCUT2D eigenvalue weighted by atomic mass is 16.6. The second-order valence-electron chi connectivity index (χ2n) is 6.38. The minimum atomic E-state index is -0.949. The minimum Gasteiger partial charge on any atom is -0.454 e. The molecule has 1 aromatic carbocycles. The van der Waals surface area contributed by atoms with Crippen LogP contribution in [0.15, 0.2) is 36.4 Å². The zero-order chi connectivity index (χ0) is 19.4. The first kappa shape index (κ1) is 21.9. The molecule has 0 bridgehead atoms. The van der Waals surface area contributed by atoms with E-state index in [1.54, 1.807) is 0 Å². The molecule has 1 rings (SSSR count). The highest BCUT2D eigenvalue weighted by Gasteiger charge is 2.14. The summed E-state index contributed by atoms with van der Waals surface area (Å²) in [5.41, 5.74) is 0.243. The molecule has 6 heteroatoms. The first-order valence-electron chi connectivity index (χ1n) is 8.84. The van der Waals surface area contributed by atoms with E-state index < -0.39 is 25.3 Å². The summed E-state index contributed by atoms with van der Waals surface area (Å²) in [6, 6.07) is 5.94. The van der Waals surface area contributed by atoms with Gasteiger partial charge in [0.05, 0.1) is 18.8 Å². The van der Waals surface area contributed by atoms with Crippen molar-refractivity contribution in [3.05, 3.63) is 42.0 Å². The van der Waals surface area contributed by atoms with Crippen LogP contribution >= 0.6 is 0 Å². The zero-order valence-corrected chi connectivity index (χ0v) is 15.4. The molecule has 0 aromatic heterocycles. The largest absolute Gasteiger partial charge is 0.454 e. The van der Waals surface area contributed by atoms with Gasteiger partial charge in [-0.1, -0.05) is 26.0 Å². The number of aliphatic hydroxyl groups excluding tert-OH is 2. The first-order valence-corrected chi connectivity index (χ1v) is 8.84. The van der Waals surface area contributed by atoms with Crippen LogP contribution in [0.25, 0.3) is 0 Å². The lowest BCUT2D eigenvalue weighted by molar-refractivity contribution is -0.134. The number of aliphatic hydroxyl groups is 2. The summed E-state index contributed by atoms with van der Waals surface area (Å²) in [5, 5.41) is 17.8. The average Bonchev–Trinajstić information content (AvgIpc) is 2.62. The Bertz CT molecular complexity index is 572. The van der Waals surface area contributed by atoms with Crippen LogP contribution in [-0.4, -0.2) is 41.5 Å². The van der Waals surface area contributed by atoms with E-state index in [4.69, 9.17) is 19.7 Å². The molecule has 0 unspecified atom stereocenters. The second kappa shape index (κ2) is 12.2. The molecule has 26 heavy (non-hydrogen) atoms. The molecule has 0 aliphatic rings. The van der Waals surface area contributed by atoms with E-state index in [0.717, 1.165) is 19.3 Å². The van der Waals surface area contributed by atoms with E-state index >= 15 is 0 Å². The molecule has 2 N–H and O–H groups in total. The molecule has 0 atom stereocenters. The van der Waals surface area contributed by atoms with Gasteiger partial charge in [0.2, 0.25) is 0 Å².